The molecule has 0 amide bonds. The SMILES string of the molecule is Cc1cccc2nc(COC(=O)Cc3csc(-c4cccs4)n3)cc(=O)n12. The number of carbonyl (C=O) groups is 1. The van der Waals surface area contributed by atoms with Crippen molar-refractivity contribution in [3.05, 3.63) is 74.6 Å². The van der Waals surface area contributed by atoms with Crippen molar-refractivity contribution in [2.45, 2.75) is 20.0 Å². The summed E-state index contributed by atoms with van der Waals surface area (Å²) in [4.78, 5) is 34.3. The summed E-state index contributed by atoms with van der Waals surface area (Å²) in [6.07, 6.45) is 0.0908. The molecule has 0 radical (unpaired) electrons. The molecule has 0 N–H and O–H groups in total. The molecule has 0 unspecified atom stereocenters. The van der Waals surface area contributed by atoms with Crippen molar-refractivity contribution >= 4 is 34.3 Å². The van der Waals surface area contributed by atoms with Gasteiger partial charge in [0.2, 0.25) is 0 Å². The molecule has 0 aromatic carbocycles. The van der Waals surface area contributed by atoms with Gasteiger partial charge in [-0.25, -0.2) is 9.97 Å². The molecule has 0 atom stereocenters. The zero-order valence-corrected chi connectivity index (χ0v) is 16.0. The van der Waals surface area contributed by atoms with Gasteiger partial charge in [0.15, 0.2) is 0 Å². The first kappa shape index (κ1) is 17.6. The number of hydrogen-bond acceptors (Lipinski definition) is 7. The van der Waals surface area contributed by atoms with Crippen molar-refractivity contribution in [3.8, 4) is 9.88 Å². The zero-order chi connectivity index (χ0) is 18.8. The van der Waals surface area contributed by atoms with Crippen LogP contribution in [0.25, 0.3) is 15.5 Å². The topological polar surface area (TPSA) is 73.6 Å². The molecule has 6 nitrogen and oxygen atoms in total. The lowest BCUT2D eigenvalue weighted by molar-refractivity contribution is -0.144. The summed E-state index contributed by atoms with van der Waals surface area (Å²) in [5.41, 5.74) is 2.25. The molecule has 8 heteroatoms. The number of aryl methyl sites for hydroxylation is 1. The van der Waals surface area contributed by atoms with Crippen molar-refractivity contribution in [3.63, 3.8) is 0 Å². The number of thiophene rings is 1. The third kappa shape index (κ3) is 3.81. The Kier molecular flexibility index (Phi) is 4.83. The van der Waals surface area contributed by atoms with E-state index >= 15 is 0 Å². The van der Waals surface area contributed by atoms with Crippen LogP contribution in [0.2, 0.25) is 0 Å². The third-order valence-corrected chi connectivity index (χ3v) is 5.85. The summed E-state index contributed by atoms with van der Waals surface area (Å²) < 4.78 is 6.80. The molecule has 0 aliphatic heterocycles. The highest BCUT2D eigenvalue weighted by molar-refractivity contribution is 7.20. The van der Waals surface area contributed by atoms with E-state index in [4.69, 9.17) is 4.74 Å². The predicted octanol–water partition coefficient (Wildman–Crippen LogP) is 3.47. The van der Waals surface area contributed by atoms with Gasteiger partial charge in [0.25, 0.3) is 5.56 Å². The molecule has 0 bridgehead atoms. The molecule has 136 valence electrons. The fraction of sp³-hybridized carbons (Fsp3) is 0.158. The Hall–Kier alpha value is -2.84. The minimum atomic E-state index is -0.399. The fourth-order valence-corrected chi connectivity index (χ4v) is 4.33. The summed E-state index contributed by atoms with van der Waals surface area (Å²) in [5.74, 6) is -0.399. The van der Waals surface area contributed by atoms with Gasteiger partial charge in [0, 0.05) is 17.1 Å². The molecule has 4 aromatic rings. The summed E-state index contributed by atoms with van der Waals surface area (Å²) in [7, 11) is 0. The lowest BCUT2D eigenvalue weighted by Gasteiger charge is -2.07. The minimum absolute atomic E-state index is 0.0412. The summed E-state index contributed by atoms with van der Waals surface area (Å²) in [5, 5.41) is 4.75. The van der Waals surface area contributed by atoms with Gasteiger partial charge in [-0.2, -0.15) is 0 Å². The largest absolute Gasteiger partial charge is 0.459 e. The Morgan fingerprint density at radius 3 is 2.85 bits per heavy atom. The lowest BCUT2D eigenvalue weighted by atomic mass is 10.3. The first-order valence-corrected chi connectivity index (χ1v) is 9.98. The number of pyridine rings is 1. The molecule has 4 heterocycles. The normalized spacial score (nSPS) is 11.0. The van der Waals surface area contributed by atoms with Gasteiger partial charge in [-0.15, -0.1) is 22.7 Å². The molecular formula is C19H15N3O3S2. The zero-order valence-electron chi connectivity index (χ0n) is 14.4. The second-order valence-electron chi connectivity index (χ2n) is 5.91. The average Bonchev–Trinajstić information content (AvgIpc) is 3.31. The molecule has 0 aliphatic carbocycles. The predicted molar refractivity (Wildman–Crippen MR) is 105 cm³/mol. The van der Waals surface area contributed by atoms with E-state index in [1.165, 1.54) is 21.8 Å². The van der Waals surface area contributed by atoms with Crippen molar-refractivity contribution in [1.29, 1.82) is 0 Å². The highest BCUT2D eigenvalue weighted by Crippen LogP contribution is 2.27. The smallest absolute Gasteiger partial charge is 0.312 e. The van der Waals surface area contributed by atoms with E-state index in [0.717, 1.165) is 15.6 Å². The van der Waals surface area contributed by atoms with Crippen LogP contribution in [0.5, 0.6) is 0 Å². The van der Waals surface area contributed by atoms with E-state index in [1.54, 1.807) is 17.4 Å². The maximum atomic E-state index is 12.2. The molecule has 0 saturated heterocycles. The van der Waals surface area contributed by atoms with Crippen LogP contribution in [0.1, 0.15) is 17.1 Å². The number of rotatable bonds is 5. The van der Waals surface area contributed by atoms with Gasteiger partial charge >= 0.3 is 5.97 Å². The van der Waals surface area contributed by atoms with Crippen molar-refractivity contribution in [2.75, 3.05) is 0 Å². The quantitative estimate of drug-likeness (QED) is 0.482. The maximum Gasteiger partial charge on any atom is 0.312 e. The van der Waals surface area contributed by atoms with Crippen LogP contribution < -0.4 is 5.56 Å². The molecule has 27 heavy (non-hydrogen) atoms. The van der Waals surface area contributed by atoms with Gasteiger partial charge < -0.3 is 4.74 Å². The summed E-state index contributed by atoms with van der Waals surface area (Å²) >= 11 is 3.11. The number of hydrogen-bond donors (Lipinski definition) is 0. The first-order valence-electron chi connectivity index (χ1n) is 8.22. The second kappa shape index (κ2) is 7.42. The Morgan fingerprint density at radius 1 is 1.15 bits per heavy atom. The van der Waals surface area contributed by atoms with Gasteiger partial charge in [0.05, 0.1) is 22.7 Å². The number of fused-ring (bicyclic) bond motifs is 1. The Balaban J connectivity index is 1.42. The first-order chi connectivity index (χ1) is 13.1. The van der Waals surface area contributed by atoms with E-state index in [1.807, 2.05) is 41.9 Å². The number of esters is 1. The van der Waals surface area contributed by atoms with Crippen LogP contribution in [0, 0.1) is 6.92 Å². The van der Waals surface area contributed by atoms with Gasteiger partial charge in [0.1, 0.15) is 17.3 Å². The van der Waals surface area contributed by atoms with E-state index in [9.17, 15) is 9.59 Å². The third-order valence-electron chi connectivity index (χ3n) is 3.92. The van der Waals surface area contributed by atoms with Crippen LogP contribution in [-0.2, 0) is 22.6 Å². The average molecular weight is 397 g/mol. The van der Waals surface area contributed by atoms with E-state index in [0.29, 0.717) is 17.0 Å². The number of ether oxygens (including phenoxy) is 1. The monoisotopic (exact) mass is 397 g/mol. The highest BCUT2D eigenvalue weighted by Gasteiger charge is 2.12. The molecule has 0 spiro atoms. The van der Waals surface area contributed by atoms with Gasteiger partial charge in [-0.1, -0.05) is 12.1 Å². The molecule has 0 saturated carbocycles. The highest BCUT2D eigenvalue weighted by atomic mass is 32.1. The van der Waals surface area contributed by atoms with Gasteiger partial charge in [-0.3, -0.25) is 14.0 Å². The number of nitrogens with zero attached hydrogens (tertiary/aromatic N) is 3. The Bertz CT molecular complexity index is 1160. The van der Waals surface area contributed by atoms with Crippen LogP contribution >= 0.6 is 22.7 Å². The number of thiazole rings is 1. The van der Waals surface area contributed by atoms with E-state index in [-0.39, 0.29) is 18.6 Å². The molecule has 0 aliphatic rings. The van der Waals surface area contributed by atoms with Crippen molar-refractivity contribution in [2.24, 2.45) is 0 Å². The standard InChI is InChI=1S/C19H15N3O3S2/c1-12-4-2-6-16-20-13(8-17(23)22(12)16)10-25-18(24)9-14-11-27-19(21-14)15-5-3-7-26-15/h2-8,11H,9-10H2,1H3. The van der Waals surface area contributed by atoms with Gasteiger partial charge in [-0.05, 0) is 30.5 Å². The Labute approximate surface area is 162 Å². The second-order valence-corrected chi connectivity index (χ2v) is 7.71. The summed E-state index contributed by atoms with van der Waals surface area (Å²) in [6, 6.07) is 10.8. The number of carbonyl (C=O) groups excluding carboxylic acids is 1. The van der Waals surface area contributed by atoms with Crippen LogP contribution in [0.4, 0.5) is 0 Å². The maximum absolute atomic E-state index is 12.2. The molecule has 4 rings (SSSR count). The van der Waals surface area contributed by atoms with E-state index in [2.05, 4.69) is 9.97 Å². The lowest BCUT2D eigenvalue weighted by Crippen LogP contribution is -2.18. The van der Waals surface area contributed by atoms with E-state index < -0.39 is 5.97 Å². The van der Waals surface area contributed by atoms with Crippen molar-refractivity contribution < 1.29 is 9.53 Å². The molecular weight excluding hydrogens is 382 g/mol. The van der Waals surface area contributed by atoms with Crippen LogP contribution in [0.15, 0.2) is 52.0 Å². The summed E-state index contributed by atoms with van der Waals surface area (Å²) in [6.45, 7) is 1.80. The molecule has 4 aromatic heterocycles. The van der Waals surface area contributed by atoms with Crippen LogP contribution in [0.3, 0.4) is 0 Å². The number of aromatic nitrogens is 3. The minimum Gasteiger partial charge on any atom is -0.459 e. The van der Waals surface area contributed by atoms with Crippen molar-refractivity contribution in [1.82, 2.24) is 14.4 Å². The molecule has 0 fully saturated rings. The fourth-order valence-electron chi connectivity index (χ4n) is 2.69. The van der Waals surface area contributed by atoms with Crippen LogP contribution in [-0.4, -0.2) is 20.3 Å². The Morgan fingerprint density at radius 2 is 2.04 bits per heavy atom.